The van der Waals surface area contributed by atoms with Gasteiger partial charge < -0.3 is 15.7 Å². The maximum Gasteiger partial charge on any atom is 0.254 e. The Bertz CT molecular complexity index is 527. The first-order valence-corrected chi connectivity index (χ1v) is 6.72. The van der Waals surface area contributed by atoms with Crippen LogP contribution in [-0.2, 0) is 0 Å². The molecule has 0 radical (unpaired) electrons. The van der Waals surface area contributed by atoms with Gasteiger partial charge in [-0.1, -0.05) is 17.9 Å². The van der Waals surface area contributed by atoms with Gasteiger partial charge in [0.05, 0.1) is 13.2 Å². The summed E-state index contributed by atoms with van der Waals surface area (Å²) in [6, 6.07) is 5.58. The highest BCUT2D eigenvalue weighted by atomic mass is 16.3. The summed E-state index contributed by atoms with van der Waals surface area (Å²) in [5, 5.41) is 9.09. The molecule has 1 rings (SSSR count). The van der Waals surface area contributed by atoms with Crippen molar-refractivity contribution in [2.75, 3.05) is 19.7 Å². The zero-order chi connectivity index (χ0) is 15.1. The highest BCUT2D eigenvalue weighted by Gasteiger charge is 2.19. The molecule has 0 atom stereocenters. The van der Waals surface area contributed by atoms with Gasteiger partial charge in [0, 0.05) is 23.7 Å². The summed E-state index contributed by atoms with van der Waals surface area (Å²) >= 11 is 0. The quantitative estimate of drug-likeness (QED) is 0.809. The third kappa shape index (κ3) is 4.09. The van der Waals surface area contributed by atoms with Crippen molar-refractivity contribution < 1.29 is 9.90 Å². The molecule has 0 unspecified atom stereocenters. The largest absolute Gasteiger partial charge is 0.395 e. The number of aryl methyl sites for hydroxylation is 1. The van der Waals surface area contributed by atoms with E-state index in [1.165, 1.54) is 0 Å². The first-order valence-electron chi connectivity index (χ1n) is 6.72. The smallest absolute Gasteiger partial charge is 0.254 e. The number of rotatable bonds is 4. The molecule has 20 heavy (non-hydrogen) atoms. The van der Waals surface area contributed by atoms with Gasteiger partial charge in [0.15, 0.2) is 0 Å². The molecule has 108 valence electrons. The zero-order valence-electron chi connectivity index (χ0n) is 12.3. The van der Waals surface area contributed by atoms with Crippen LogP contribution in [0.25, 0.3) is 0 Å². The third-order valence-electron chi connectivity index (χ3n) is 3.03. The van der Waals surface area contributed by atoms with Crippen molar-refractivity contribution in [3.63, 3.8) is 0 Å². The fourth-order valence-electron chi connectivity index (χ4n) is 1.94. The number of hydrogen-bond donors (Lipinski definition) is 2. The van der Waals surface area contributed by atoms with Gasteiger partial charge in [0.2, 0.25) is 0 Å². The highest BCUT2D eigenvalue weighted by molar-refractivity contribution is 5.96. The number of nitrogens with two attached hydrogens (primary N) is 1. The summed E-state index contributed by atoms with van der Waals surface area (Å²) in [5.41, 5.74) is 7.65. The summed E-state index contributed by atoms with van der Waals surface area (Å²) in [5.74, 6) is 5.63. The van der Waals surface area contributed by atoms with E-state index in [-0.39, 0.29) is 18.6 Å². The van der Waals surface area contributed by atoms with Gasteiger partial charge in [0.1, 0.15) is 0 Å². The zero-order valence-corrected chi connectivity index (χ0v) is 12.3. The van der Waals surface area contributed by atoms with Gasteiger partial charge in [-0.2, -0.15) is 0 Å². The normalized spacial score (nSPS) is 10.1. The number of carbonyl (C=O) groups excluding carboxylic acids is 1. The number of benzene rings is 1. The van der Waals surface area contributed by atoms with E-state index in [4.69, 9.17) is 10.8 Å². The molecule has 4 nitrogen and oxygen atoms in total. The van der Waals surface area contributed by atoms with Crippen molar-refractivity contribution in [1.82, 2.24) is 4.90 Å². The second kappa shape index (κ2) is 7.68. The van der Waals surface area contributed by atoms with Crippen molar-refractivity contribution in [2.24, 2.45) is 5.73 Å². The van der Waals surface area contributed by atoms with Crippen LogP contribution in [0.5, 0.6) is 0 Å². The van der Waals surface area contributed by atoms with E-state index in [1.54, 1.807) is 11.0 Å². The first-order chi connectivity index (χ1) is 9.51. The van der Waals surface area contributed by atoms with E-state index in [9.17, 15) is 4.79 Å². The van der Waals surface area contributed by atoms with Crippen molar-refractivity contribution in [2.45, 2.75) is 26.8 Å². The van der Waals surface area contributed by atoms with Gasteiger partial charge >= 0.3 is 0 Å². The van der Waals surface area contributed by atoms with Gasteiger partial charge in [-0.15, -0.1) is 0 Å². The summed E-state index contributed by atoms with van der Waals surface area (Å²) < 4.78 is 0. The van der Waals surface area contributed by atoms with Crippen molar-refractivity contribution in [3.05, 3.63) is 34.9 Å². The number of hydrogen-bond acceptors (Lipinski definition) is 3. The number of amides is 1. The maximum atomic E-state index is 12.6. The third-order valence-corrected chi connectivity index (χ3v) is 3.03. The van der Waals surface area contributed by atoms with Crippen LogP contribution in [-0.4, -0.2) is 41.7 Å². The van der Waals surface area contributed by atoms with Crippen LogP contribution in [0.4, 0.5) is 0 Å². The number of nitrogens with zero attached hydrogens (tertiary/aromatic N) is 1. The lowest BCUT2D eigenvalue weighted by molar-refractivity contribution is 0.0664. The molecule has 0 bridgehead atoms. The molecule has 0 aliphatic rings. The minimum absolute atomic E-state index is 0.0350. The Kier molecular flexibility index (Phi) is 6.23. The average molecular weight is 274 g/mol. The minimum Gasteiger partial charge on any atom is -0.395 e. The Labute approximate surface area is 120 Å². The Morgan fingerprint density at radius 3 is 2.70 bits per heavy atom. The van der Waals surface area contributed by atoms with Crippen LogP contribution < -0.4 is 5.73 Å². The molecule has 0 aliphatic heterocycles. The molecule has 0 spiro atoms. The molecule has 3 N–H and O–H groups in total. The molecule has 0 aromatic heterocycles. The average Bonchev–Trinajstić information content (AvgIpc) is 2.42. The maximum absolute atomic E-state index is 12.6. The van der Waals surface area contributed by atoms with Gasteiger partial charge in [0.25, 0.3) is 5.91 Å². The molecule has 0 saturated carbocycles. The summed E-state index contributed by atoms with van der Waals surface area (Å²) in [6.07, 6.45) is 0. The number of carbonyl (C=O) groups is 1. The topological polar surface area (TPSA) is 66.6 Å². The van der Waals surface area contributed by atoms with Crippen molar-refractivity contribution in [3.8, 4) is 11.8 Å². The molecule has 1 aromatic rings. The minimum atomic E-state index is -0.0806. The lowest BCUT2D eigenvalue weighted by Crippen LogP contribution is -2.39. The molecular weight excluding hydrogens is 252 g/mol. The Morgan fingerprint density at radius 2 is 2.15 bits per heavy atom. The molecule has 0 saturated heterocycles. The number of aliphatic hydroxyl groups is 1. The number of aliphatic hydroxyl groups excluding tert-OH is 1. The lowest BCUT2D eigenvalue weighted by Gasteiger charge is -2.26. The van der Waals surface area contributed by atoms with E-state index < -0.39 is 0 Å². The van der Waals surface area contributed by atoms with Crippen molar-refractivity contribution in [1.29, 1.82) is 0 Å². The monoisotopic (exact) mass is 274 g/mol. The second-order valence-electron chi connectivity index (χ2n) is 4.85. The standard InChI is InChI=1S/C16H22N2O2/c1-12(2)18(9-10-19)16(20)15-11-14(5-4-8-17)7-6-13(15)3/h6-7,11-12,19H,8-10,17H2,1-3H3. The molecule has 1 aromatic carbocycles. The fourth-order valence-corrected chi connectivity index (χ4v) is 1.94. The highest BCUT2D eigenvalue weighted by Crippen LogP contribution is 2.15. The van der Waals surface area contributed by atoms with Crippen LogP contribution in [0, 0.1) is 18.8 Å². The van der Waals surface area contributed by atoms with E-state index in [1.807, 2.05) is 32.9 Å². The molecule has 1 amide bonds. The summed E-state index contributed by atoms with van der Waals surface area (Å²) in [6.45, 7) is 6.33. The Morgan fingerprint density at radius 1 is 1.45 bits per heavy atom. The summed E-state index contributed by atoms with van der Waals surface area (Å²) in [7, 11) is 0. The predicted octanol–water partition coefficient (Wildman–Crippen LogP) is 1.15. The molecular formula is C16H22N2O2. The van der Waals surface area contributed by atoms with E-state index in [0.717, 1.165) is 11.1 Å². The van der Waals surface area contributed by atoms with Crippen LogP contribution in [0.1, 0.15) is 35.3 Å². The van der Waals surface area contributed by atoms with E-state index >= 15 is 0 Å². The van der Waals surface area contributed by atoms with Crippen LogP contribution in [0.15, 0.2) is 18.2 Å². The Hall–Kier alpha value is -1.83. The summed E-state index contributed by atoms with van der Waals surface area (Å²) in [4.78, 5) is 14.2. The van der Waals surface area contributed by atoms with Crippen LogP contribution in [0.3, 0.4) is 0 Å². The Balaban J connectivity index is 3.13. The fraction of sp³-hybridized carbons (Fsp3) is 0.438. The molecule has 0 fully saturated rings. The van der Waals surface area contributed by atoms with E-state index in [2.05, 4.69) is 11.8 Å². The second-order valence-corrected chi connectivity index (χ2v) is 4.85. The first kappa shape index (κ1) is 16.2. The molecule has 0 heterocycles. The van der Waals surface area contributed by atoms with Gasteiger partial charge in [-0.25, -0.2) is 0 Å². The van der Waals surface area contributed by atoms with Gasteiger partial charge in [-0.05, 0) is 38.5 Å². The van der Waals surface area contributed by atoms with Crippen LogP contribution in [0.2, 0.25) is 0 Å². The SMILES string of the molecule is Cc1ccc(C#CCN)cc1C(=O)N(CCO)C(C)C. The predicted molar refractivity (Wildman–Crippen MR) is 80.4 cm³/mol. The molecule has 4 heteroatoms. The van der Waals surface area contributed by atoms with Crippen molar-refractivity contribution >= 4 is 5.91 Å². The molecule has 0 aliphatic carbocycles. The van der Waals surface area contributed by atoms with E-state index in [0.29, 0.717) is 18.7 Å². The van der Waals surface area contributed by atoms with Gasteiger partial charge in [-0.3, -0.25) is 4.79 Å². The lowest BCUT2D eigenvalue weighted by atomic mass is 10.0. The van der Waals surface area contributed by atoms with Crippen LogP contribution >= 0.6 is 0 Å².